The summed E-state index contributed by atoms with van der Waals surface area (Å²) in [5.74, 6) is -0.165. The summed E-state index contributed by atoms with van der Waals surface area (Å²) in [6, 6.07) is 3.55. The molecule has 96 valence electrons. The van der Waals surface area contributed by atoms with Gasteiger partial charge in [0.1, 0.15) is 0 Å². The first-order valence-corrected chi connectivity index (χ1v) is 6.01. The van der Waals surface area contributed by atoms with Crippen molar-refractivity contribution in [2.75, 3.05) is 11.5 Å². The van der Waals surface area contributed by atoms with Gasteiger partial charge in [0.25, 0.3) is 0 Å². The van der Waals surface area contributed by atoms with Gasteiger partial charge in [-0.25, -0.2) is 0 Å². The van der Waals surface area contributed by atoms with Gasteiger partial charge in [-0.05, 0) is 36.4 Å². The van der Waals surface area contributed by atoms with Crippen LogP contribution in [0.5, 0.6) is 0 Å². The maximum absolute atomic E-state index is 12.2. The Kier molecular flexibility index (Phi) is 2.76. The second-order valence-corrected chi connectivity index (χ2v) is 4.36. The second-order valence-electron chi connectivity index (χ2n) is 4.36. The van der Waals surface area contributed by atoms with Gasteiger partial charge in [0.05, 0.1) is 24.9 Å². The van der Waals surface area contributed by atoms with Crippen LogP contribution in [0.15, 0.2) is 48.8 Å². The quantitative estimate of drug-likeness (QED) is 0.758. The normalized spacial score (nSPS) is 21.2. The number of anilines is 1. The van der Waals surface area contributed by atoms with E-state index in [1.54, 1.807) is 36.7 Å². The molecule has 19 heavy (non-hydrogen) atoms. The van der Waals surface area contributed by atoms with E-state index in [2.05, 4.69) is 4.98 Å². The van der Waals surface area contributed by atoms with E-state index >= 15 is 0 Å². The van der Waals surface area contributed by atoms with Gasteiger partial charge in [-0.2, -0.15) is 0 Å². The Balaban J connectivity index is 2.07. The minimum Gasteiger partial charge on any atom is -0.347 e. The molecule has 0 radical (unpaired) electrons. The summed E-state index contributed by atoms with van der Waals surface area (Å²) < 4.78 is 5.74. The molecule has 1 aromatic rings. The van der Waals surface area contributed by atoms with E-state index in [9.17, 15) is 9.59 Å². The Morgan fingerprint density at radius 3 is 2.74 bits per heavy atom. The third kappa shape index (κ3) is 1.98. The predicted octanol–water partition coefficient (Wildman–Crippen LogP) is 1.23. The zero-order chi connectivity index (χ0) is 13.3. The molecule has 0 bridgehead atoms. The minimum atomic E-state index is -1.01. The summed E-state index contributed by atoms with van der Waals surface area (Å²) in [6.07, 6.45) is 9.61. The maximum Gasteiger partial charge on any atom is 0.232 e. The lowest BCUT2D eigenvalue weighted by atomic mass is 10.0. The van der Waals surface area contributed by atoms with Gasteiger partial charge in [0.2, 0.25) is 5.91 Å². The summed E-state index contributed by atoms with van der Waals surface area (Å²) in [4.78, 5) is 29.0. The van der Waals surface area contributed by atoms with Crippen LogP contribution in [-0.4, -0.2) is 29.0 Å². The van der Waals surface area contributed by atoms with Crippen LogP contribution < -0.4 is 4.90 Å². The fourth-order valence-corrected chi connectivity index (χ4v) is 2.26. The van der Waals surface area contributed by atoms with Crippen molar-refractivity contribution in [3.05, 3.63) is 48.8 Å². The number of nitrogens with zero attached hydrogens (tertiary/aromatic N) is 2. The molecule has 0 aromatic carbocycles. The van der Waals surface area contributed by atoms with Crippen molar-refractivity contribution in [2.45, 2.75) is 12.1 Å². The number of hydrogen-bond acceptors (Lipinski definition) is 4. The fraction of sp³-hybridized carbons (Fsp3) is 0.214. The molecule has 0 N–H and O–H groups in total. The Morgan fingerprint density at radius 1 is 1.26 bits per heavy atom. The van der Waals surface area contributed by atoms with E-state index in [4.69, 9.17) is 4.74 Å². The van der Waals surface area contributed by atoms with Crippen LogP contribution >= 0.6 is 0 Å². The van der Waals surface area contributed by atoms with Gasteiger partial charge in [-0.15, -0.1) is 0 Å². The second kappa shape index (κ2) is 4.44. The number of pyridine rings is 1. The summed E-state index contributed by atoms with van der Waals surface area (Å²) >= 11 is 0. The summed E-state index contributed by atoms with van der Waals surface area (Å²) in [5.41, 5.74) is -0.359. The van der Waals surface area contributed by atoms with E-state index < -0.39 is 5.72 Å². The van der Waals surface area contributed by atoms with Crippen molar-refractivity contribution in [1.29, 1.82) is 0 Å². The Hall–Kier alpha value is -2.27. The maximum atomic E-state index is 12.2. The topological polar surface area (TPSA) is 59.5 Å². The van der Waals surface area contributed by atoms with Crippen LogP contribution in [0.3, 0.4) is 0 Å². The standard InChI is InChI=1S/C14H12N2O3/c17-12-3-6-14(7-4-12)16(13(18)5-9-19-14)11-2-1-8-15-10-11/h1-4,6-8,10H,5,9H2. The van der Waals surface area contributed by atoms with E-state index in [-0.39, 0.29) is 11.7 Å². The minimum absolute atomic E-state index is 0.0529. The van der Waals surface area contributed by atoms with Crippen LogP contribution in [0.1, 0.15) is 6.42 Å². The lowest BCUT2D eigenvalue weighted by molar-refractivity contribution is -0.130. The average Bonchev–Trinajstić information content (AvgIpc) is 2.43. The molecule has 1 fully saturated rings. The lowest BCUT2D eigenvalue weighted by Gasteiger charge is -2.43. The van der Waals surface area contributed by atoms with Gasteiger partial charge in [0.15, 0.2) is 11.5 Å². The molecule has 2 aliphatic rings. The van der Waals surface area contributed by atoms with Gasteiger partial charge in [0, 0.05) is 6.20 Å². The Morgan fingerprint density at radius 2 is 2.05 bits per heavy atom. The molecule has 1 spiro atoms. The van der Waals surface area contributed by atoms with Crippen molar-refractivity contribution < 1.29 is 14.3 Å². The molecular weight excluding hydrogens is 244 g/mol. The zero-order valence-electron chi connectivity index (χ0n) is 10.2. The van der Waals surface area contributed by atoms with Crippen molar-refractivity contribution in [3.8, 4) is 0 Å². The first-order valence-electron chi connectivity index (χ1n) is 6.01. The van der Waals surface area contributed by atoms with E-state index in [0.717, 1.165) is 0 Å². The highest BCUT2D eigenvalue weighted by atomic mass is 16.5. The average molecular weight is 256 g/mol. The number of amides is 1. The predicted molar refractivity (Wildman–Crippen MR) is 68.3 cm³/mol. The molecule has 0 saturated carbocycles. The number of aromatic nitrogens is 1. The molecule has 1 aromatic heterocycles. The first kappa shape index (κ1) is 11.8. The van der Waals surface area contributed by atoms with Gasteiger partial charge >= 0.3 is 0 Å². The summed E-state index contributed by atoms with van der Waals surface area (Å²) in [6.45, 7) is 0.332. The highest BCUT2D eigenvalue weighted by Gasteiger charge is 2.42. The molecular formula is C14H12N2O3. The summed E-state index contributed by atoms with van der Waals surface area (Å²) in [5, 5.41) is 0. The molecule has 2 heterocycles. The van der Waals surface area contributed by atoms with Crippen LogP contribution in [0, 0.1) is 0 Å². The van der Waals surface area contributed by atoms with Crippen molar-refractivity contribution in [3.63, 3.8) is 0 Å². The number of carbonyl (C=O) groups excluding carboxylic acids is 2. The zero-order valence-corrected chi connectivity index (χ0v) is 10.2. The SMILES string of the molecule is O=C1C=CC2(C=C1)OCCC(=O)N2c1cccnc1. The number of ether oxygens (including phenoxy) is 1. The van der Waals surface area contributed by atoms with Gasteiger partial charge < -0.3 is 4.74 Å². The van der Waals surface area contributed by atoms with E-state index in [0.29, 0.717) is 18.7 Å². The van der Waals surface area contributed by atoms with Crippen LogP contribution in [-0.2, 0) is 14.3 Å². The van der Waals surface area contributed by atoms with Crippen LogP contribution in [0.2, 0.25) is 0 Å². The molecule has 0 unspecified atom stereocenters. The van der Waals surface area contributed by atoms with Crippen molar-refractivity contribution >= 4 is 17.4 Å². The number of hydrogen-bond donors (Lipinski definition) is 0. The lowest BCUT2D eigenvalue weighted by Crippen LogP contribution is -2.56. The van der Waals surface area contributed by atoms with Crippen LogP contribution in [0.25, 0.3) is 0 Å². The molecule has 1 amide bonds. The third-order valence-corrected chi connectivity index (χ3v) is 3.13. The Labute approximate surface area is 110 Å². The number of allylic oxidation sites excluding steroid dienone is 2. The number of carbonyl (C=O) groups is 2. The molecule has 1 saturated heterocycles. The van der Waals surface area contributed by atoms with Crippen molar-refractivity contribution in [1.82, 2.24) is 4.98 Å². The van der Waals surface area contributed by atoms with E-state index in [1.165, 1.54) is 17.1 Å². The largest absolute Gasteiger partial charge is 0.347 e. The van der Waals surface area contributed by atoms with Crippen LogP contribution in [0.4, 0.5) is 5.69 Å². The Bertz CT molecular complexity index is 562. The van der Waals surface area contributed by atoms with Gasteiger partial charge in [-0.1, -0.05) is 0 Å². The monoisotopic (exact) mass is 256 g/mol. The van der Waals surface area contributed by atoms with E-state index in [1.807, 2.05) is 0 Å². The molecule has 5 nitrogen and oxygen atoms in total. The fourth-order valence-electron chi connectivity index (χ4n) is 2.26. The number of ketones is 1. The first-order chi connectivity index (χ1) is 9.21. The molecule has 3 rings (SSSR count). The number of rotatable bonds is 1. The summed E-state index contributed by atoms with van der Waals surface area (Å²) in [7, 11) is 0. The van der Waals surface area contributed by atoms with Gasteiger partial charge in [-0.3, -0.25) is 19.5 Å². The highest BCUT2D eigenvalue weighted by molar-refractivity contribution is 6.03. The van der Waals surface area contributed by atoms with Crippen molar-refractivity contribution in [2.24, 2.45) is 0 Å². The molecule has 5 heteroatoms. The molecule has 1 aliphatic carbocycles. The smallest absolute Gasteiger partial charge is 0.232 e. The third-order valence-electron chi connectivity index (χ3n) is 3.13. The highest BCUT2D eigenvalue weighted by Crippen LogP contribution is 2.33. The molecule has 1 aliphatic heterocycles. The molecule has 0 atom stereocenters.